The third kappa shape index (κ3) is 3.38. The molecule has 1 atom stereocenters. The summed E-state index contributed by atoms with van der Waals surface area (Å²) in [7, 11) is 0. The van der Waals surface area contributed by atoms with Crippen molar-refractivity contribution in [2.24, 2.45) is 0 Å². The lowest BCUT2D eigenvalue weighted by molar-refractivity contribution is -0.384. The Morgan fingerprint density at radius 1 is 1.43 bits per heavy atom. The minimum absolute atomic E-state index is 0.0214. The van der Waals surface area contributed by atoms with Gasteiger partial charge in [-0.25, -0.2) is 4.39 Å². The first-order valence-electron chi connectivity index (χ1n) is 6.27. The van der Waals surface area contributed by atoms with E-state index in [-0.39, 0.29) is 17.9 Å². The largest absolute Gasteiger partial charge is 0.463 e. The second-order valence-corrected chi connectivity index (χ2v) is 4.96. The zero-order valence-electron chi connectivity index (χ0n) is 11.6. The van der Waals surface area contributed by atoms with E-state index >= 15 is 0 Å². The van der Waals surface area contributed by atoms with Crippen LogP contribution in [0.15, 0.2) is 34.7 Å². The Hall–Kier alpha value is -2.41. The predicted octanol–water partition coefficient (Wildman–Crippen LogP) is 2.95. The SMILES string of the molecule is Cc1ccc(C(C)(O)CNc2ccc(F)cc2[N+](=O)[O-])o1. The highest BCUT2D eigenvalue weighted by Gasteiger charge is 2.27. The molecule has 0 bridgehead atoms. The van der Waals surface area contributed by atoms with E-state index in [0.717, 1.165) is 12.1 Å². The van der Waals surface area contributed by atoms with Crippen molar-refractivity contribution < 1.29 is 18.8 Å². The van der Waals surface area contributed by atoms with E-state index in [1.165, 1.54) is 13.0 Å². The van der Waals surface area contributed by atoms with Crippen LogP contribution in [0.1, 0.15) is 18.4 Å². The van der Waals surface area contributed by atoms with E-state index in [2.05, 4.69) is 5.32 Å². The van der Waals surface area contributed by atoms with Crippen molar-refractivity contribution in [1.29, 1.82) is 0 Å². The Bertz CT molecular complexity index is 667. The predicted molar refractivity (Wildman–Crippen MR) is 74.6 cm³/mol. The van der Waals surface area contributed by atoms with E-state index < -0.39 is 16.3 Å². The Morgan fingerprint density at radius 3 is 2.71 bits per heavy atom. The van der Waals surface area contributed by atoms with Gasteiger partial charge in [-0.05, 0) is 38.1 Å². The molecule has 0 aliphatic rings. The number of benzene rings is 1. The second kappa shape index (κ2) is 5.53. The molecular weight excluding hydrogens is 279 g/mol. The maximum absolute atomic E-state index is 13.1. The van der Waals surface area contributed by atoms with Crippen molar-refractivity contribution in [1.82, 2.24) is 0 Å². The van der Waals surface area contributed by atoms with E-state index in [4.69, 9.17) is 4.42 Å². The lowest BCUT2D eigenvalue weighted by Crippen LogP contribution is -2.30. The molecule has 21 heavy (non-hydrogen) atoms. The zero-order chi connectivity index (χ0) is 15.6. The summed E-state index contributed by atoms with van der Waals surface area (Å²) in [5.74, 6) is 0.302. The van der Waals surface area contributed by atoms with Crippen molar-refractivity contribution in [2.75, 3.05) is 11.9 Å². The number of hydrogen-bond acceptors (Lipinski definition) is 5. The molecule has 6 nitrogen and oxygen atoms in total. The molecule has 2 rings (SSSR count). The van der Waals surface area contributed by atoms with Crippen molar-refractivity contribution in [2.45, 2.75) is 19.4 Å². The Kier molecular flexibility index (Phi) is 3.95. The minimum atomic E-state index is -1.35. The number of nitrogens with one attached hydrogen (secondary N) is 1. The third-order valence-corrected chi connectivity index (χ3v) is 3.05. The van der Waals surface area contributed by atoms with E-state index in [1.807, 2.05) is 0 Å². The first-order chi connectivity index (χ1) is 9.79. The number of nitro benzene ring substituents is 1. The molecule has 7 heteroatoms. The molecule has 1 aromatic carbocycles. The molecule has 0 spiro atoms. The molecule has 2 aromatic rings. The van der Waals surface area contributed by atoms with Gasteiger partial charge in [-0.3, -0.25) is 10.1 Å². The summed E-state index contributed by atoms with van der Waals surface area (Å²) in [5, 5.41) is 24.0. The maximum atomic E-state index is 13.1. The highest BCUT2D eigenvalue weighted by atomic mass is 19.1. The maximum Gasteiger partial charge on any atom is 0.295 e. The molecule has 2 N–H and O–H groups in total. The van der Waals surface area contributed by atoms with Crippen LogP contribution in [0.25, 0.3) is 0 Å². The summed E-state index contributed by atoms with van der Waals surface area (Å²) in [5.41, 5.74) is -1.61. The number of hydrogen-bond donors (Lipinski definition) is 2. The van der Waals surface area contributed by atoms with Crippen LogP contribution < -0.4 is 5.32 Å². The van der Waals surface area contributed by atoms with Crippen LogP contribution >= 0.6 is 0 Å². The van der Waals surface area contributed by atoms with E-state index in [0.29, 0.717) is 11.5 Å². The number of halogens is 1. The van der Waals surface area contributed by atoms with E-state index in [9.17, 15) is 19.6 Å². The number of anilines is 1. The van der Waals surface area contributed by atoms with Gasteiger partial charge in [0.15, 0.2) is 0 Å². The summed E-state index contributed by atoms with van der Waals surface area (Å²) >= 11 is 0. The number of furan rings is 1. The van der Waals surface area contributed by atoms with Crippen LogP contribution in [0.2, 0.25) is 0 Å². The number of aliphatic hydroxyl groups is 1. The molecule has 0 aliphatic heterocycles. The molecular formula is C14H15FN2O4. The molecule has 0 saturated heterocycles. The molecule has 0 radical (unpaired) electrons. The van der Waals surface area contributed by atoms with Gasteiger partial charge >= 0.3 is 0 Å². The lowest BCUT2D eigenvalue weighted by Gasteiger charge is -2.21. The summed E-state index contributed by atoms with van der Waals surface area (Å²) < 4.78 is 18.4. The van der Waals surface area contributed by atoms with Gasteiger partial charge in [0.25, 0.3) is 5.69 Å². The number of rotatable bonds is 5. The van der Waals surface area contributed by atoms with E-state index in [1.54, 1.807) is 19.1 Å². The van der Waals surface area contributed by atoms with Gasteiger partial charge in [0.2, 0.25) is 0 Å². The highest BCUT2D eigenvalue weighted by molar-refractivity contribution is 5.61. The Balaban J connectivity index is 2.18. The standard InChI is InChI=1S/C14H15FN2O4/c1-9-3-6-13(21-9)14(2,18)8-16-11-5-4-10(15)7-12(11)17(19)20/h3-7,16,18H,8H2,1-2H3. The smallest absolute Gasteiger partial charge is 0.295 e. The summed E-state index contributed by atoms with van der Waals surface area (Å²) in [6.07, 6.45) is 0. The summed E-state index contributed by atoms with van der Waals surface area (Å²) in [4.78, 5) is 10.2. The highest BCUT2D eigenvalue weighted by Crippen LogP contribution is 2.28. The van der Waals surface area contributed by atoms with Crippen molar-refractivity contribution in [3.8, 4) is 0 Å². The molecule has 0 amide bonds. The molecule has 1 heterocycles. The average Bonchev–Trinajstić information content (AvgIpc) is 2.84. The average molecular weight is 294 g/mol. The van der Waals surface area contributed by atoms with Crippen LogP contribution in [0.3, 0.4) is 0 Å². The topological polar surface area (TPSA) is 88.5 Å². The molecule has 0 saturated carbocycles. The Labute approximate surface area is 120 Å². The molecule has 112 valence electrons. The van der Waals surface area contributed by atoms with Gasteiger partial charge in [-0.2, -0.15) is 0 Å². The molecule has 0 fully saturated rings. The lowest BCUT2D eigenvalue weighted by atomic mass is 10.0. The van der Waals surface area contributed by atoms with Gasteiger partial charge in [0.1, 0.15) is 28.6 Å². The van der Waals surface area contributed by atoms with Crippen molar-refractivity contribution >= 4 is 11.4 Å². The Morgan fingerprint density at radius 2 is 2.14 bits per heavy atom. The summed E-state index contributed by atoms with van der Waals surface area (Å²) in [6.45, 7) is 3.25. The van der Waals surface area contributed by atoms with Crippen molar-refractivity contribution in [3.05, 3.63) is 57.8 Å². The van der Waals surface area contributed by atoms with Crippen molar-refractivity contribution in [3.63, 3.8) is 0 Å². The van der Waals surface area contributed by atoms with Crippen LogP contribution in [-0.2, 0) is 5.60 Å². The van der Waals surface area contributed by atoms with Crippen LogP contribution in [0.4, 0.5) is 15.8 Å². The molecule has 1 unspecified atom stereocenters. The van der Waals surface area contributed by atoms with Crippen LogP contribution in [0.5, 0.6) is 0 Å². The van der Waals surface area contributed by atoms with Gasteiger partial charge in [0, 0.05) is 0 Å². The van der Waals surface area contributed by atoms with Crippen LogP contribution in [0, 0.1) is 22.9 Å². The monoisotopic (exact) mass is 294 g/mol. The number of nitro groups is 1. The van der Waals surface area contributed by atoms with Crippen LogP contribution in [-0.4, -0.2) is 16.6 Å². The number of nitrogens with zero attached hydrogens (tertiary/aromatic N) is 1. The third-order valence-electron chi connectivity index (χ3n) is 3.05. The fourth-order valence-electron chi connectivity index (χ4n) is 1.88. The summed E-state index contributed by atoms with van der Waals surface area (Å²) in [6, 6.07) is 6.55. The van der Waals surface area contributed by atoms with Gasteiger partial charge < -0.3 is 14.8 Å². The first kappa shape index (κ1) is 15.0. The quantitative estimate of drug-likeness (QED) is 0.653. The fourth-order valence-corrected chi connectivity index (χ4v) is 1.88. The fraction of sp³-hybridized carbons (Fsp3) is 0.286. The van der Waals surface area contributed by atoms with Gasteiger partial charge in [0.05, 0.1) is 17.5 Å². The molecule has 0 aliphatic carbocycles. The van der Waals surface area contributed by atoms with Gasteiger partial charge in [-0.1, -0.05) is 0 Å². The number of aryl methyl sites for hydroxylation is 1. The molecule has 1 aromatic heterocycles. The minimum Gasteiger partial charge on any atom is -0.463 e. The first-order valence-corrected chi connectivity index (χ1v) is 6.27. The van der Waals surface area contributed by atoms with Gasteiger partial charge in [-0.15, -0.1) is 0 Å². The second-order valence-electron chi connectivity index (χ2n) is 4.96. The normalized spacial score (nSPS) is 13.7. The zero-order valence-corrected chi connectivity index (χ0v) is 11.6.